The Balaban J connectivity index is 0.00000241. The molecule has 186 valence electrons. The number of rotatable bonds is 7. The molecular formula is C24H38N3NaO4S2. The van der Waals surface area contributed by atoms with E-state index in [1.54, 1.807) is 0 Å². The minimum atomic E-state index is -4.49. The van der Waals surface area contributed by atoms with Crippen LogP contribution >= 0.6 is 0 Å². The standard InChI is InChI=1S/C24H37N3O4S2.Na.H/c25-32(28,31-33(26,29)30)27(3-1-23-19-7-15-5-16(9-19)10-20(23)8-15)4-2-24-21-11-17-6-18(13-21)14-22(24)12-17;;/h1-2,15-22,25H,3-14H2,(H2,26,29,30);;. The van der Waals surface area contributed by atoms with Crippen LogP contribution in [0.25, 0.3) is 0 Å². The molecule has 0 aromatic heterocycles. The Hall–Kier alpha value is 0.260. The molecule has 8 aliphatic carbocycles. The molecule has 0 saturated heterocycles. The van der Waals surface area contributed by atoms with Crippen LogP contribution in [0, 0.1) is 52.1 Å². The van der Waals surface area contributed by atoms with E-state index >= 15 is 0 Å². The molecule has 0 radical (unpaired) electrons. The van der Waals surface area contributed by atoms with Crippen molar-refractivity contribution < 1.29 is 16.3 Å². The van der Waals surface area contributed by atoms with Crippen molar-refractivity contribution in [2.45, 2.75) is 64.2 Å². The molecule has 0 amide bonds. The molecule has 1 unspecified atom stereocenters. The van der Waals surface area contributed by atoms with Crippen molar-refractivity contribution in [3.05, 3.63) is 23.3 Å². The van der Waals surface area contributed by atoms with Gasteiger partial charge in [0.2, 0.25) is 10.2 Å². The summed E-state index contributed by atoms with van der Waals surface area (Å²) in [6.45, 7) is 0.528. The first-order valence-electron chi connectivity index (χ1n) is 12.8. The van der Waals surface area contributed by atoms with E-state index in [9.17, 15) is 12.6 Å². The summed E-state index contributed by atoms with van der Waals surface area (Å²) in [6, 6.07) is 0. The Labute approximate surface area is 227 Å². The number of nitrogens with two attached hydrogens (primary N) is 1. The van der Waals surface area contributed by atoms with E-state index in [1.807, 2.05) is 0 Å². The summed E-state index contributed by atoms with van der Waals surface area (Å²) >= 11 is 0. The molecule has 8 rings (SSSR count). The fraction of sp³-hybridized carbons (Fsp3) is 0.833. The Morgan fingerprint density at radius 2 is 1.06 bits per heavy atom. The summed E-state index contributed by atoms with van der Waals surface area (Å²) in [5.74, 6) is 5.83. The number of nitrogens with one attached hydrogen (secondary N) is 1. The summed E-state index contributed by atoms with van der Waals surface area (Å²) in [4.78, 5) is 0. The second-order valence-electron chi connectivity index (χ2n) is 11.9. The summed E-state index contributed by atoms with van der Waals surface area (Å²) in [6.07, 6.45) is 17.0. The van der Waals surface area contributed by atoms with Gasteiger partial charge in [-0.15, -0.1) is 3.63 Å². The van der Waals surface area contributed by atoms with Gasteiger partial charge in [-0.25, -0.2) is 14.1 Å². The van der Waals surface area contributed by atoms with E-state index in [-0.39, 0.29) is 42.6 Å². The molecule has 7 nitrogen and oxygen atoms in total. The van der Waals surface area contributed by atoms with Gasteiger partial charge in [0.05, 0.1) is 0 Å². The van der Waals surface area contributed by atoms with E-state index in [2.05, 4.69) is 15.8 Å². The normalized spacial score (nSPS) is 41.5. The molecule has 34 heavy (non-hydrogen) atoms. The van der Waals surface area contributed by atoms with Gasteiger partial charge in [-0.3, -0.25) is 0 Å². The quantitative estimate of drug-likeness (QED) is 0.396. The average molecular weight is 520 g/mol. The summed E-state index contributed by atoms with van der Waals surface area (Å²) in [5, 5.41) is 5.02. The fourth-order valence-corrected chi connectivity index (χ4v) is 10.9. The maximum absolute atomic E-state index is 13.1. The summed E-state index contributed by atoms with van der Waals surface area (Å²) in [5.41, 5.74) is 2.89. The molecule has 3 N–H and O–H groups in total. The van der Waals surface area contributed by atoms with Crippen molar-refractivity contribution in [2.75, 3.05) is 13.1 Å². The number of hydrogen-bond acceptors (Lipinski definition) is 5. The van der Waals surface area contributed by atoms with Crippen molar-refractivity contribution in [2.24, 2.45) is 52.5 Å². The van der Waals surface area contributed by atoms with Crippen molar-refractivity contribution in [3.8, 4) is 0 Å². The molecule has 0 aliphatic heterocycles. The van der Waals surface area contributed by atoms with Crippen LogP contribution < -0.4 is 5.14 Å². The van der Waals surface area contributed by atoms with Gasteiger partial charge in [-0.1, -0.05) is 23.3 Å². The third-order valence-electron chi connectivity index (χ3n) is 9.75. The maximum atomic E-state index is 13.1. The van der Waals surface area contributed by atoms with Gasteiger partial charge in [0.15, 0.2) is 0 Å². The zero-order valence-electron chi connectivity index (χ0n) is 19.2. The predicted molar refractivity (Wildman–Crippen MR) is 134 cm³/mol. The van der Waals surface area contributed by atoms with Crippen LogP contribution in [0.3, 0.4) is 0 Å². The second kappa shape index (κ2) is 9.53. The first-order valence-corrected chi connectivity index (χ1v) is 15.7. The molecule has 8 fully saturated rings. The first-order chi connectivity index (χ1) is 15.6. The second-order valence-corrected chi connectivity index (χ2v) is 14.9. The summed E-state index contributed by atoms with van der Waals surface area (Å²) < 4.78 is 50.5. The Bertz CT molecular complexity index is 971. The van der Waals surface area contributed by atoms with Crippen molar-refractivity contribution in [1.82, 2.24) is 4.31 Å². The molecule has 1 atom stereocenters. The Kier molecular flexibility index (Phi) is 7.26. The SMILES string of the molecule is N=S(=O)(OS(N)(=O)=O)N(CC=C1C2CC3CC(C2)CC1C3)CC=C1C2CC3CC(C2)CC1C3.[NaH]. The van der Waals surface area contributed by atoms with E-state index in [0.29, 0.717) is 23.7 Å². The third-order valence-corrected chi connectivity index (χ3v) is 12.2. The van der Waals surface area contributed by atoms with Gasteiger partial charge in [0.1, 0.15) is 0 Å². The van der Waals surface area contributed by atoms with Crippen LogP contribution in [-0.2, 0) is 24.1 Å². The van der Waals surface area contributed by atoms with Crippen LogP contribution in [0.2, 0.25) is 0 Å². The molecule has 8 aliphatic rings. The topological polar surface area (TPSA) is 114 Å². The molecule has 8 bridgehead atoms. The molecule has 0 heterocycles. The molecule has 0 aromatic rings. The van der Waals surface area contributed by atoms with Crippen LogP contribution in [0.5, 0.6) is 0 Å². The zero-order chi connectivity index (χ0) is 23.0. The van der Waals surface area contributed by atoms with E-state index in [4.69, 9.17) is 9.92 Å². The molecular weight excluding hydrogens is 481 g/mol. The molecule has 10 heteroatoms. The molecule has 8 saturated carbocycles. The van der Waals surface area contributed by atoms with Gasteiger partial charge < -0.3 is 0 Å². The van der Waals surface area contributed by atoms with Crippen molar-refractivity contribution in [3.63, 3.8) is 0 Å². The molecule has 0 aromatic carbocycles. The summed E-state index contributed by atoms with van der Waals surface area (Å²) in [7, 11) is -8.49. The van der Waals surface area contributed by atoms with E-state index in [0.717, 1.165) is 23.7 Å². The van der Waals surface area contributed by atoms with Crippen molar-refractivity contribution >= 4 is 50.1 Å². The van der Waals surface area contributed by atoms with Crippen LogP contribution in [0.15, 0.2) is 23.3 Å². The Morgan fingerprint density at radius 3 is 1.35 bits per heavy atom. The average Bonchev–Trinajstić information content (AvgIpc) is 2.68. The van der Waals surface area contributed by atoms with Gasteiger partial charge in [0.25, 0.3) is 0 Å². The van der Waals surface area contributed by atoms with Gasteiger partial charge in [0, 0.05) is 13.1 Å². The van der Waals surface area contributed by atoms with E-state index < -0.39 is 20.5 Å². The zero-order valence-corrected chi connectivity index (χ0v) is 20.9. The van der Waals surface area contributed by atoms with Gasteiger partial charge in [-0.2, -0.15) is 12.7 Å². The number of nitrogens with zero attached hydrogens (tertiary/aromatic N) is 1. The van der Waals surface area contributed by atoms with Crippen LogP contribution in [-0.4, -0.2) is 59.6 Å². The number of allylic oxidation sites excluding steroid dienone is 2. The fourth-order valence-electron chi connectivity index (χ4n) is 8.98. The van der Waals surface area contributed by atoms with Gasteiger partial charge in [-0.05, 0) is 112 Å². The Morgan fingerprint density at radius 1 is 0.735 bits per heavy atom. The van der Waals surface area contributed by atoms with Gasteiger partial charge >= 0.3 is 39.9 Å². The number of hydrogen-bond donors (Lipinski definition) is 2. The van der Waals surface area contributed by atoms with Crippen molar-refractivity contribution in [1.29, 1.82) is 4.78 Å². The van der Waals surface area contributed by atoms with E-state index in [1.165, 1.54) is 79.7 Å². The first kappa shape index (κ1) is 25.9. The predicted octanol–water partition coefficient (Wildman–Crippen LogP) is 3.50. The minimum absolute atomic E-state index is 0. The molecule has 0 spiro atoms. The van der Waals surface area contributed by atoms with Crippen LogP contribution in [0.4, 0.5) is 0 Å². The van der Waals surface area contributed by atoms with Crippen LogP contribution in [0.1, 0.15) is 64.2 Å². The monoisotopic (exact) mass is 519 g/mol. The third kappa shape index (κ3) is 5.15.